The number of carbonyl (C=O) groups excluding carboxylic acids is 1. The highest BCUT2D eigenvalue weighted by molar-refractivity contribution is 6.05. The lowest BCUT2D eigenvalue weighted by atomic mass is 10.1. The number of hydrogen-bond donors (Lipinski definition) is 2. The van der Waals surface area contributed by atoms with E-state index in [1.54, 1.807) is 55.6 Å². The topological polar surface area (TPSA) is 80.9 Å². The molecular weight excluding hydrogens is 406 g/mol. The van der Waals surface area contributed by atoms with E-state index in [9.17, 15) is 9.90 Å². The first kappa shape index (κ1) is 21.2. The number of aliphatic hydroxyl groups is 1. The molecule has 0 aliphatic carbocycles. The van der Waals surface area contributed by atoms with Crippen molar-refractivity contribution in [3.63, 3.8) is 0 Å². The number of benzene rings is 3. The predicted octanol–water partition coefficient (Wildman–Crippen LogP) is 5.28. The predicted molar refractivity (Wildman–Crippen MR) is 122 cm³/mol. The minimum Gasteiger partial charge on any atom is -0.495 e. The van der Waals surface area contributed by atoms with Gasteiger partial charge in [-0.15, -0.1) is 0 Å². The monoisotopic (exact) mass is 429 g/mol. The van der Waals surface area contributed by atoms with Crippen LogP contribution in [0.2, 0.25) is 0 Å². The third-order valence-electron chi connectivity index (χ3n) is 4.91. The van der Waals surface area contributed by atoms with Crippen LogP contribution < -0.4 is 14.8 Å². The van der Waals surface area contributed by atoms with Gasteiger partial charge in [0.2, 0.25) is 0 Å². The van der Waals surface area contributed by atoms with E-state index in [0.29, 0.717) is 40.9 Å². The number of methoxy groups -OCH3 is 1. The highest BCUT2D eigenvalue weighted by Crippen LogP contribution is 2.32. The van der Waals surface area contributed by atoms with Crippen molar-refractivity contribution in [3.8, 4) is 22.8 Å². The maximum absolute atomic E-state index is 12.8. The molecule has 0 atom stereocenters. The number of aliphatic hydroxyl groups excluding tert-OH is 1. The number of amides is 1. The number of anilines is 1. The first-order valence-corrected chi connectivity index (χ1v) is 10.1. The van der Waals surface area contributed by atoms with Crippen LogP contribution in [0.1, 0.15) is 21.7 Å². The molecule has 0 aliphatic rings. The number of furan rings is 1. The average molecular weight is 429 g/mol. The SMILES string of the molecule is COc1ccc(-c2ccc(CO)o2)cc1NC(=O)c1ccc(OCc2ccccc2)cc1. The lowest BCUT2D eigenvalue weighted by molar-refractivity contribution is 0.102. The van der Waals surface area contributed by atoms with Gasteiger partial charge in [0.15, 0.2) is 0 Å². The summed E-state index contributed by atoms with van der Waals surface area (Å²) in [6, 6.07) is 25.7. The number of ether oxygens (including phenoxy) is 2. The summed E-state index contributed by atoms with van der Waals surface area (Å²) in [5.74, 6) is 2.00. The van der Waals surface area contributed by atoms with Crippen LogP contribution in [0.3, 0.4) is 0 Å². The Morgan fingerprint density at radius 1 is 0.969 bits per heavy atom. The largest absolute Gasteiger partial charge is 0.495 e. The normalized spacial score (nSPS) is 10.6. The van der Waals surface area contributed by atoms with Gasteiger partial charge >= 0.3 is 0 Å². The van der Waals surface area contributed by atoms with Crippen LogP contribution in [-0.4, -0.2) is 18.1 Å². The number of carbonyl (C=O) groups is 1. The van der Waals surface area contributed by atoms with Gasteiger partial charge in [0.05, 0.1) is 12.8 Å². The summed E-state index contributed by atoms with van der Waals surface area (Å²) in [6.45, 7) is 0.284. The van der Waals surface area contributed by atoms with Crippen LogP contribution in [0.4, 0.5) is 5.69 Å². The number of nitrogens with one attached hydrogen (secondary N) is 1. The zero-order chi connectivity index (χ0) is 22.3. The summed E-state index contributed by atoms with van der Waals surface area (Å²) < 4.78 is 16.8. The Labute approximate surface area is 186 Å². The Bertz CT molecular complexity index is 1180. The molecule has 0 saturated heterocycles. The summed E-state index contributed by atoms with van der Waals surface area (Å²) in [5.41, 5.74) is 2.83. The fourth-order valence-corrected chi connectivity index (χ4v) is 3.21. The molecule has 162 valence electrons. The molecule has 0 fully saturated rings. The van der Waals surface area contributed by atoms with Gasteiger partial charge in [-0.25, -0.2) is 0 Å². The zero-order valence-electron chi connectivity index (χ0n) is 17.6. The van der Waals surface area contributed by atoms with Crippen molar-refractivity contribution in [2.24, 2.45) is 0 Å². The van der Waals surface area contributed by atoms with Crippen molar-refractivity contribution in [3.05, 3.63) is 102 Å². The van der Waals surface area contributed by atoms with Gasteiger partial charge < -0.3 is 24.3 Å². The van der Waals surface area contributed by atoms with E-state index in [1.165, 1.54) is 0 Å². The van der Waals surface area contributed by atoms with Gasteiger partial charge in [0.1, 0.15) is 36.2 Å². The molecule has 4 aromatic rings. The number of hydrogen-bond acceptors (Lipinski definition) is 5. The van der Waals surface area contributed by atoms with E-state index in [4.69, 9.17) is 13.9 Å². The molecule has 0 spiro atoms. The minimum atomic E-state index is -0.273. The third-order valence-corrected chi connectivity index (χ3v) is 4.91. The quantitative estimate of drug-likeness (QED) is 0.398. The third kappa shape index (κ3) is 4.99. The summed E-state index contributed by atoms with van der Waals surface area (Å²) >= 11 is 0. The molecular formula is C26H23NO5. The molecule has 3 aromatic carbocycles. The second-order valence-electron chi connectivity index (χ2n) is 7.09. The summed E-state index contributed by atoms with van der Waals surface area (Å²) in [6.07, 6.45) is 0. The molecule has 0 bridgehead atoms. The molecule has 6 nitrogen and oxygen atoms in total. The van der Waals surface area contributed by atoms with E-state index in [0.717, 1.165) is 11.1 Å². The smallest absolute Gasteiger partial charge is 0.255 e. The lowest BCUT2D eigenvalue weighted by Crippen LogP contribution is -2.12. The fourth-order valence-electron chi connectivity index (χ4n) is 3.21. The van der Waals surface area contributed by atoms with Crippen molar-refractivity contribution in [1.29, 1.82) is 0 Å². The van der Waals surface area contributed by atoms with Gasteiger partial charge in [0.25, 0.3) is 5.91 Å². The molecule has 0 radical (unpaired) electrons. The van der Waals surface area contributed by atoms with Crippen molar-refractivity contribution >= 4 is 11.6 Å². The first-order valence-electron chi connectivity index (χ1n) is 10.1. The molecule has 1 aromatic heterocycles. The molecule has 2 N–H and O–H groups in total. The van der Waals surface area contributed by atoms with E-state index < -0.39 is 0 Å². The second-order valence-corrected chi connectivity index (χ2v) is 7.09. The Morgan fingerprint density at radius 3 is 2.44 bits per heavy atom. The van der Waals surface area contributed by atoms with Crippen LogP contribution in [0, 0.1) is 0 Å². The summed E-state index contributed by atoms with van der Waals surface area (Å²) in [5, 5.41) is 12.1. The second kappa shape index (κ2) is 9.85. The highest BCUT2D eigenvalue weighted by Gasteiger charge is 2.13. The molecule has 1 heterocycles. The van der Waals surface area contributed by atoms with Gasteiger partial charge in [-0.2, -0.15) is 0 Å². The van der Waals surface area contributed by atoms with Crippen molar-refractivity contribution < 1.29 is 23.8 Å². The molecule has 4 rings (SSSR count). The molecule has 0 unspecified atom stereocenters. The Morgan fingerprint density at radius 2 is 1.75 bits per heavy atom. The van der Waals surface area contributed by atoms with Gasteiger partial charge in [-0.1, -0.05) is 30.3 Å². The fraction of sp³-hybridized carbons (Fsp3) is 0.115. The van der Waals surface area contributed by atoms with Crippen molar-refractivity contribution in [1.82, 2.24) is 0 Å². The maximum Gasteiger partial charge on any atom is 0.255 e. The van der Waals surface area contributed by atoms with Crippen LogP contribution >= 0.6 is 0 Å². The van der Waals surface area contributed by atoms with E-state index in [2.05, 4.69) is 5.32 Å². The van der Waals surface area contributed by atoms with Gasteiger partial charge in [-0.05, 0) is 60.2 Å². The van der Waals surface area contributed by atoms with Crippen LogP contribution in [0.5, 0.6) is 11.5 Å². The zero-order valence-corrected chi connectivity index (χ0v) is 17.6. The first-order chi connectivity index (χ1) is 15.7. The van der Waals surface area contributed by atoms with Crippen molar-refractivity contribution in [2.75, 3.05) is 12.4 Å². The molecule has 6 heteroatoms. The maximum atomic E-state index is 12.8. The molecule has 32 heavy (non-hydrogen) atoms. The Balaban J connectivity index is 1.46. The standard InChI is InChI=1S/C26H23NO5/c1-30-25-13-9-20(24-14-12-22(16-28)32-24)15-23(25)27-26(29)19-7-10-21(11-8-19)31-17-18-5-3-2-4-6-18/h2-15,28H,16-17H2,1H3,(H,27,29). The van der Waals surface area contributed by atoms with E-state index in [1.807, 2.05) is 36.4 Å². The molecule has 0 saturated carbocycles. The minimum absolute atomic E-state index is 0.176. The van der Waals surface area contributed by atoms with E-state index >= 15 is 0 Å². The van der Waals surface area contributed by atoms with Gasteiger partial charge in [0, 0.05) is 11.1 Å². The highest BCUT2D eigenvalue weighted by atomic mass is 16.5. The summed E-state index contributed by atoms with van der Waals surface area (Å²) in [7, 11) is 1.54. The molecule has 0 aliphatic heterocycles. The Kier molecular flexibility index (Phi) is 6.53. The average Bonchev–Trinajstić information content (AvgIpc) is 3.33. The van der Waals surface area contributed by atoms with Crippen molar-refractivity contribution in [2.45, 2.75) is 13.2 Å². The van der Waals surface area contributed by atoms with Crippen LogP contribution in [-0.2, 0) is 13.2 Å². The van der Waals surface area contributed by atoms with E-state index in [-0.39, 0.29) is 12.5 Å². The Hall–Kier alpha value is -4.03. The van der Waals surface area contributed by atoms with Crippen LogP contribution in [0.25, 0.3) is 11.3 Å². The van der Waals surface area contributed by atoms with Crippen LogP contribution in [0.15, 0.2) is 89.3 Å². The lowest BCUT2D eigenvalue weighted by Gasteiger charge is -2.12. The molecule has 1 amide bonds. The number of rotatable bonds is 8. The van der Waals surface area contributed by atoms with Gasteiger partial charge in [-0.3, -0.25) is 4.79 Å². The summed E-state index contributed by atoms with van der Waals surface area (Å²) in [4.78, 5) is 12.8.